The number of aromatic nitrogens is 2. The molecule has 0 aliphatic heterocycles. The fraction of sp³-hybridized carbons (Fsp3) is 0.727. The highest BCUT2D eigenvalue weighted by molar-refractivity contribution is 9.09. The van der Waals surface area contributed by atoms with Crippen molar-refractivity contribution < 1.29 is 9.66 Å². The predicted octanol–water partition coefficient (Wildman–Crippen LogP) is 2.23. The fourth-order valence-corrected chi connectivity index (χ4v) is 2.47. The molecule has 6 nitrogen and oxygen atoms in total. The van der Waals surface area contributed by atoms with Crippen molar-refractivity contribution in [2.24, 2.45) is 7.05 Å². The molecule has 0 radical (unpaired) electrons. The fourth-order valence-electron chi connectivity index (χ4n) is 1.90. The van der Waals surface area contributed by atoms with E-state index in [4.69, 9.17) is 4.74 Å². The molecule has 1 aromatic heterocycles. The van der Waals surface area contributed by atoms with E-state index in [0.717, 1.165) is 6.42 Å². The lowest BCUT2D eigenvalue weighted by Gasteiger charge is -2.08. The van der Waals surface area contributed by atoms with Gasteiger partial charge in [-0.3, -0.25) is 14.8 Å². The first-order valence-corrected chi connectivity index (χ1v) is 6.74. The van der Waals surface area contributed by atoms with Crippen LogP contribution in [0.1, 0.15) is 24.7 Å². The van der Waals surface area contributed by atoms with Gasteiger partial charge in [0.2, 0.25) is 0 Å². The molecule has 0 aliphatic carbocycles. The zero-order chi connectivity index (χ0) is 13.7. The van der Waals surface area contributed by atoms with Crippen molar-refractivity contribution in [1.82, 2.24) is 9.78 Å². The topological polar surface area (TPSA) is 70.2 Å². The molecule has 0 spiro atoms. The maximum atomic E-state index is 11.2. The van der Waals surface area contributed by atoms with Crippen LogP contribution in [0.3, 0.4) is 0 Å². The smallest absolute Gasteiger partial charge is 0.313 e. The number of nitrogens with zero attached hydrogens (tertiary/aromatic N) is 3. The second-order valence-corrected chi connectivity index (χ2v) is 5.42. The lowest BCUT2D eigenvalue weighted by Crippen LogP contribution is -2.13. The number of hydrogen-bond donors (Lipinski definition) is 0. The third-order valence-electron chi connectivity index (χ3n) is 2.64. The average molecular weight is 320 g/mol. The Labute approximate surface area is 115 Å². The summed E-state index contributed by atoms with van der Waals surface area (Å²) in [6.07, 6.45) is 1.99. The summed E-state index contributed by atoms with van der Waals surface area (Å²) in [6, 6.07) is 0. The number of methoxy groups -OCH3 is 1. The van der Waals surface area contributed by atoms with Gasteiger partial charge in [0.05, 0.1) is 11.5 Å². The molecule has 0 aliphatic rings. The van der Waals surface area contributed by atoms with Gasteiger partial charge >= 0.3 is 5.69 Å². The highest BCUT2D eigenvalue weighted by Gasteiger charge is 2.27. The maximum Gasteiger partial charge on any atom is 0.313 e. The third kappa shape index (κ3) is 3.52. The summed E-state index contributed by atoms with van der Waals surface area (Å²) in [6.45, 7) is 2.49. The standard InChI is InChI=1S/C11H18BrN3O3/c1-4-5-9-11(15(16)17)10(14(2)13-9)6-8(12)7-18-3/h8H,4-7H2,1-3H3. The summed E-state index contributed by atoms with van der Waals surface area (Å²) in [5, 5.41) is 15.4. The zero-order valence-corrected chi connectivity index (χ0v) is 12.4. The molecule has 1 heterocycles. The van der Waals surface area contributed by atoms with E-state index in [0.29, 0.717) is 30.8 Å². The predicted molar refractivity (Wildman–Crippen MR) is 72.2 cm³/mol. The Morgan fingerprint density at radius 2 is 2.28 bits per heavy atom. The minimum Gasteiger partial charge on any atom is -0.384 e. The quantitative estimate of drug-likeness (QED) is 0.439. The van der Waals surface area contributed by atoms with Gasteiger partial charge in [-0.1, -0.05) is 29.3 Å². The number of alkyl halides is 1. The zero-order valence-electron chi connectivity index (χ0n) is 10.9. The molecule has 1 atom stereocenters. The highest BCUT2D eigenvalue weighted by Crippen LogP contribution is 2.26. The Bertz CT molecular complexity index is 420. The number of nitro groups is 1. The van der Waals surface area contributed by atoms with Gasteiger partial charge in [-0.05, 0) is 6.42 Å². The highest BCUT2D eigenvalue weighted by atomic mass is 79.9. The molecule has 0 fully saturated rings. The van der Waals surface area contributed by atoms with Gasteiger partial charge in [0.1, 0.15) is 11.4 Å². The van der Waals surface area contributed by atoms with Crippen LogP contribution in [0, 0.1) is 10.1 Å². The maximum absolute atomic E-state index is 11.2. The van der Waals surface area contributed by atoms with E-state index in [2.05, 4.69) is 21.0 Å². The molecule has 102 valence electrons. The Morgan fingerprint density at radius 3 is 2.78 bits per heavy atom. The lowest BCUT2D eigenvalue weighted by molar-refractivity contribution is -0.386. The molecule has 1 rings (SSSR count). The first-order chi connectivity index (χ1) is 8.51. The van der Waals surface area contributed by atoms with E-state index >= 15 is 0 Å². The van der Waals surface area contributed by atoms with Crippen LogP contribution < -0.4 is 0 Å². The van der Waals surface area contributed by atoms with Crippen LogP contribution in [0.4, 0.5) is 5.69 Å². The van der Waals surface area contributed by atoms with Gasteiger partial charge in [0.25, 0.3) is 0 Å². The van der Waals surface area contributed by atoms with E-state index in [9.17, 15) is 10.1 Å². The molecule has 1 aromatic rings. The normalized spacial score (nSPS) is 12.7. The third-order valence-corrected chi connectivity index (χ3v) is 3.23. The minimum atomic E-state index is -0.333. The van der Waals surface area contributed by atoms with Gasteiger partial charge in [-0.25, -0.2) is 0 Å². The summed E-state index contributed by atoms with van der Waals surface area (Å²) in [7, 11) is 3.35. The van der Waals surface area contributed by atoms with E-state index in [1.54, 1.807) is 18.8 Å². The second-order valence-electron chi connectivity index (χ2n) is 4.13. The van der Waals surface area contributed by atoms with Crippen molar-refractivity contribution >= 4 is 21.6 Å². The molecule has 0 saturated carbocycles. The molecule has 0 amide bonds. The molecule has 7 heteroatoms. The lowest BCUT2D eigenvalue weighted by atomic mass is 10.1. The van der Waals surface area contributed by atoms with Crippen molar-refractivity contribution in [1.29, 1.82) is 0 Å². The molecule has 18 heavy (non-hydrogen) atoms. The van der Waals surface area contributed by atoms with Gasteiger partial charge in [-0.15, -0.1) is 0 Å². The molecular weight excluding hydrogens is 302 g/mol. The Kier molecular flexibility index (Phi) is 5.74. The summed E-state index contributed by atoms with van der Waals surface area (Å²) < 4.78 is 6.63. The van der Waals surface area contributed by atoms with Crippen molar-refractivity contribution in [3.05, 3.63) is 21.5 Å². The molecule has 0 saturated heterocycles. The van der Waals surface area contributed by atoms with Gasteiger partial charge in [-0.2, -0.15) is 5.10 Å². The largest absolute Gasteiger partial charge is 0.384 e. The van der Waals surface area contributed by atoms with Crippen LogP contribution >= 0.6 is 15.9 Å². The minimum absolute atomic E-state index is 0.0473. The molecule has 1 unspecified atom stereocenters. The number of rotatable bonds is 7. The van der Waals surface area contributed by atoms with Crippen LogP contribution in [0.15, 0.2) is 0 Å². The van der Waals surface area contributed by atoms with Gasteiger partial charge < -0.3 is 4.74 Å². The summed E-state index contributed by atoms with van der Waals surface area (Å²) in [4.78, 5) is 10.9. The molecule has 0 bridgehead atoms. The first kappa shape index (κ1) is 15.1. The van der Waals surface area contributed by atoms with Crippen molar-refractivity contribution in [2.75, 3.05) is 13.7 Å². The molecule has 0 N–H and O–H groups in total. The molecular formula is C11H18BrN3O3. The van der Waals surface area contributed by atoms with E-state index in [1.807, 2.05) is 6.92 Å². The molecule has 0 aromatic carbocycles. The first-order valence-electron chi connectivity index (χ1n) is 5.83. The SMILES string of the molecule is CCCc1nn(C)c(CC(Br)COC)c1[N+](=O)[O-]. The average Bonchev–Trinajstić information content (AvgIpc) is 2.56. The number of ether oxygens (including phenoxy) is 1. The van der Waals surface area contributed by atoms with Crippen LogP contribution in [0.25, 0.3) is 0 Å². The monoisotopic (exact) mass is 319 g/mol. The van der Waals surface area contributed by atoms with Crippen molar-refractivity contribution in [3.63, 3.8) is 0 Å². The van der Waals surface area contributed by atoms with Crippen LogP contribution in [-0.2, 0) is 24.6 Å². The van der Waals surface area contributed by atoms with Crippen LogP contribution in [-0.4, -0.2) is 33.2 Å². The van der Waals surface area contributed by atoms with E-state index in [-0.39, 0.29) is 15.4 Å². The van der Waals surface area contributed by atoms with Crippen molar-refractivity contribution in [3.8, 4) is 0 Å². The number of hydrogen-bond acceptors (Lipinski definition) is 4. The van der Waals surface area contributed by atoms with E-state index in [1.165, 1.54) is 0 Å². The Balaban J connectivity index is 3.05. The van der Waals surface area contributed by atoms with Gasteiger partial charge in [0.15, 0.2) is 0 Å². The Morgan fingerprint density at radius 1 is 1.61 bits per heavy atom. The Hall–Kier alpha value is -0.950. The van der Waals surface area contributed by atoms with Gasteiger partial charge in [0, 0.05) is 25.4 Å². The number of aryl methyl sites for hydroxylation is 2. The van der Waals surface area contributed by atoms with E-state index < -0.39 is 0 Å². The van der Waals surface area contributed by atoms with Crippen molar-refractivity contribution in [2.45, 2.75) is 31.0 Å². The summed E-state index contributed by atoms with van der Waals surface area (Å²) in [5.74, 6) is 0. The summed E-state index contributed by atoms with van der Waals surface area (Å²) in [5.41, 5.74) is 1.36. The number of halogens is 1. The summed E-state index contributed by atoms with van der Waals surface area (Å²) >= 11 is 3.45. The van der Waals surface area contributed by atoms with Crippen LogP contribution in [0.5, 0.6) is 0 Å². The van der Waals surface area contributed by atoms with Crippen LogP contribution in [0.2, 0.25) is 0 Å². The second kappa shape index (κ2) is 6.84.